The summed E-state index contributed by atoms with van der Waals surface area (Å²) in [5, 5.41) is 0. The lowest BCUT2D eigenvalue weighted by Gasteiger charge is -2.41. The number of alkyl halides is 6. The highest BCUT2D eigenvalue weighted by molar-refractivity contribution is 7.86. The van der Waals surface area contributed by atoms with Crippen molar-refractivity contribution in [2.45, 2.75) is 57.2 Å². The molecule has 2 unspecified atom stereocenters. The van der Waals surface area contributed by atoms with Crippen LogP contribution in [0.4, 0.5) is 26.3 Å². The van der Waals surface area contributed by atoms with Gasteiger partial charge in [-0.3, -0.25) is 4.98 Å². The molecule has 0 saturated carbocycles. The van der Waals surface area contributed by atoms with Crippen LogP contribution in [-0.2, 0) is 14.9 Å². The molecule has 13 heteroatoms. The summed E-state index contributed by atoms with van der Waals surface area (Å²) in [5.74, 6) is -0.0397. The Bertz CT molecular complexity index is 1190. The third kappa shape index (κ3) is 5.94. The molecule has 2 saturated heterocycles. The molecule has 3 heterocycles. The van der Waals surface area contributed by atoms with E-state index in [1.165, 1.54) is 0 Å². The lowest BCUT2D eigenvalue weighted by molar-refractivity contribution is -0.301. The van der Waals surface area contributed by atoms with Crippen molar-refractivity contribution in [2.75, 3.05) is 26.2 Å². The standard InChI is InChI=1S/C24H27F6N3O3S/c1-15-4-3-5-19(16(15)2)20-7-6-18(12-31-20)17-8-10-32(11-9-17)37(34,35)33-13-21(23(25,26)27)36-22(14-33)24(28,29)30/h3-7,12,17,21-22H,8-11,13-14H2,1-2H3. The molecule has 4 rings (SSSR count). The van der Waals surface area contributed by atoms with E-state index in [1.807, 2.05) is 44.2 Å². The molecule has 6 nitrogen and oxygen atoms in total. The normalized spacial score (nSPS) is 23.4. The fourth-order valence-electron chi connectivity index (χ4n) is 4.70. The Morgan fingerprint density at radius 2 is 1.49 bits per heavy atom. The Morgan fingerprint density at radius 3 is 2.00 bits per heavy atom. The summed E-state index contributed by atoms with van der Waals surface area (Å²) in [7, 11) is -4.56. The molecule has 0 spiro atoms. The summed E-state index contributed by atoms with van der Waals surface area (Å²) >= 11 is 0. The van der Waals surface area contributed by atoms with Gasteiger partial charge < -0.3 is 4.74 Å². The average Bonchev–Trinajstić information content (AvgIpc) is 2.84. The van der Waals surface area contributed by atoms with E-state index in [-0.39, 0.29) is 23.3 Å². The van der Waals surface area contributed by atoms with Crippen molar-refractivity contribution in [2.24, 2.45) is 0 Å². The first-order valence-electron chi connectivity index (χ1n) is 11.7. The number of morpholine rings is 1. The van der Waals surface area contributed by atoms with Crippen molar-refractivity contribution in [3.05, 3.63) is 53.2 Å². The molecule has 0 N–H and O–H groups in total. The van der Waals surface area contributed by atoms with Gasteiger partial charge in [-0.05, 0) is 55.4 Å². The first kappa shape index (κ1) is 27.8. The largest absolute Gasteiger partial charge is 0.415 e. The quantitative estimate of drug-likeness (QED) is 0.503. The Kier molecular flexibility index (Phi) is 7.63. The van der Waals surface area contributed by atoms with E-state index >= 15 is 0 Å². The monoisotopic (exact) mass is 551 g/mol. The van der Waals surface area contributed by atoms with E-state index in [0.717, 1.165) is 32.3 Å². The molecule has 0 radical (unpaired) electrons. The predicted octanol–water partition coefficient (Wildman–Crippen LogP) is 4.98. The van der Waals surface area contributed by atoms with E-state index in [9.17, 15) is 34.8 Å². The van der Waals surface area contributed by atoms with Gasteiger partial charge in [0, 0.05) is 24.8 Å². The van der Waals surface area contributed by atoms with Crippen molar-refractivity contribution >= 4 is 10.2 Å². The SMILES string of the molecule is Cc1cccc(-c2ccc(C3CCN(S(=O)(=O)N4CC(C(F)(F)F)OC(C(F)(F)F)C4)CC3)cn2)c1C. The van der Waals surface area contributed by atoms with Gasteiger partial charge in [-0.25, -0.2) is 0 Å². The smallest absolute Gasteiger partial charge is 0.353 e. The number of benzene rings is 1. The summed E-state index contributed by atoms with van der Waals surface area (Å²) in [6.07, 6.45) is -13.5. The Labute approximate surface area is 211 Å². The molecular weight excluding hydrogens is 524 g/mol. The third-order valence-electron chi connectivity index (χ3n) is 7.04. The molecule has 2 aromatic rings. The molecule has 0 bridgehead atoms. The van der Waals surface area contributed by atoms with Gasteiger partial charge in [-0.1, -0.05) is 24.3 Å². The zero-order valence-corrected chi connectivity index (χ0v) is 21.0. The van der Waals surface area contributed by atoms with Crippen LogP contribution in [-0.4, -0.2) is 72.8 Å². The highest BCUT2D eigenvalue weighted by Crippen LogP contribution is 2.36. The molecule has 2 aliphatic rings. The second-order valence-corrected chi connectivity index (χ2v) is 11.3. The van der Waals surface area contributed by atoms with Crippen LogP contribution in [0.25, 0.3) is 11.3 Å². The van der Waals surface area contributed by atoms with E-state index in [1.54, 1.807) is 6.20 Å². The van der Waals surface area contributed by atoms with Gasteiger partial charge in [0.25, 0.3) is 10.2 Å². The summed E-state index contributed by atoms with van der Waals surface area (Å²) in [5.41, 5.74) is 4.96. The highest BCUT2D eigenvalue weighted by Gasteiger charge is 2.55. The fraction of sp³-hybridized carbons (Fsp3) is 0.542. The van der Waals surface area contributed by atoms with Gasteiger partial charge in [0.2, 0.25) is 0 Å². The maximum Gasteiger partial charge on any atom is 0.415 e. The van der Waals surface area contributed by atoms with E-state index in [4.69, 9.17) is 0 Å². The number of piperidine rings is 1. The van der Waals surface area contributed by atoms with Crippen LogP contribution in [0, 0.1) is 13.8 Å². The maximum absolute atomic E-state index is 13.2. The molecular formula is C24H27F6N3O3S. The van der Waals surface area contributed by atoms with Crippen LogP contribution >= 0.6 is 0 Å². The lowest BCUT2D eigenvalue weighted by atomic mass is 9.91. The minimum absolute atomic E-state index is 0.0313. The fourth-order valence-corrected chi connectivity index (χ4v) is 6.34. The Morgan fingerprint density at radius 1 is 0.892 bits per heavy atom. The molecule has 0 aliphatic carbocycles. The van der Waals surface area contributed by atoms with Crippen LogP contribution in [0.15, 0.2) is 36.5 Å². The minimum Gasteiger partial charge on any atom is -0.353 e. The topological polar surface area (TPSA) is 62.7 Å². The van der Waals surface area contributed by atoms with Crippen LogP contribution in [0.3, 0.4) is 0 Å². The third-order valence-corrected chi connectivity index (χ3v) is 9.01. The van der Waals surface area contributed by atoms with Crippen molar-refractivity contribution < 1.29 is 39.5 Å². The first-order chi connectivity index (χ1) is 17.2. The number of rotatable bonds is 4. The van der Waals surface area contributed by atoms with Crippen molar-refractivity contribution in [1.29, 1.82) is 0 Å². The van der Waals surface area contributed by atoms with Crippen molar-refractivity contribution in [1.82, 2.24) is 13.6 Å². The summed E-state index contributed by atoms with van der Waals surface area (Å²) in [6, 6.07) is 9.75. The average molecular weight is 552 g/mol. The second-order valence-electron chi connectivity index (χ2n) is 9.42. The van der Waals surface area contributed by atoms with Gasteiger partial charge in [-0.2, -0.15) is 43.4 Å². The molecule has 204 valence electrons. The Hall–Kier alpha value is -2.22. The van der Waals surface area contributed by atoms with E-state index in [0.29, 0.717) is 12.8 Å². The first-order valence-corrected chi connectivity index (χ1v) is 13.1. The molecule has 37 heavy (non-hydrogen) atoms. The summed E-state index contributed by atoms with van der Waals surface area (Å²) < 4.78 is 111. The molecule has 1 aromatic heterocycles. The van der Waals surface area contributed by atoms with Gasteiger partial charge in [0.15, 0.2) is 12.2 Å². The van der Waals surface area contributed by atoms with Crippen LogP contribution in [0.5, 0.6) is 0 Å². The van der Waals surface area contributed by atoms with E-state index < -0.39 is 47.9 Å². The van der Waals surface area contributed by atoms with Gasteiger partial charge in [0.1, 0.15) is 0 Å². The molecule has 2 fully saturated rings. The lowest BCUT2D eigenvalue weighted by Crippen LogP contribution is -2.60. The number of aromatic nitrogens is 1. The van der Waals surface area contributed by atoms with Crippen LogP contribution in [0.2, 0.25) is 0 Å². The van der Waals surface area contributed by atoms with Gasteiger partial charge >= 0.3 is 12.4 Å². The number of aryl methyl sites for hydroxylation is 1. The van der Waals surface area contributed by atoms with E-state index in [2.05, 4.69) is 9.72 Å². The number of ether oxygens (including phenoxy) is 1. The second kappa shape index (κ2) is 10.2. The number of hydrogen-bond donors (Lipinski definition) is 0. The number of hydrogen-bond acceptors (Lipinski definition) is 4. The Balaban J connectivity index is 1.44. The molecule has 1 aromatic carbocycles. The molecule has 0 amide bonds. The molecule has 2 aliphatic heterocycles. The van der Waals surface area contributed by atoms with Crippen LogP contribution < -0.4 is 0 Å². The summed E-state index contributed by atoms with van der Waals surface area (Å²) in [6.45, 7) is 1.52. The zero-order valence-electron chi connectivity index (χ0n) is 20.2. The number of halogens is 6. The predicted molar refractivity (Wildman–Crippen MR) is 124 cm³/mol. The zero-order chi connectivity index (χ0) is 27.2. The molecule has 2 atom stereocenters. The maximum atomic E-state index is 13.2. The van der Waals surface area contributed by atoms with Crippen molar-refractivity contribution in [3.63, 3.8) is 0 Å². The number of pyridine rings is 1. The number of nitrogens with zero attached hydrogens (tertiary/aromatic N) is 3. The highest BCUT2D eigenvalue weighted by atomic mass is 32.2. The summed E-state index contributed by atoms with van der Waals surface area (Å²) in [4.78, 5) is 4.56. The van der Waals surface area contributed by atoms with Crippen molar-refractivity contribution in [3.8, 4) is 11.3 Å². The van der Waals surface area contributed by atoms with Gasteiger partial charge in [0.05, 0.1) is 18.8 Å². The minimum atomic E-state index is -5.14. The van der Waals surface area contributed by atoms with Crippen LogP contribution in [0.1, 0.15) is 35.4 Å². The van der Waals surface area contributed by atoms with Gasteiger partial charge in [-0.15, -0.1) is 0 Å².